The van der Waals surface area contributed by atoms with Crippen molar-refractivity contribution in [2.24, 2.45) is 0 Å². The Bertz CT molecular complexity index is 1380. The largest absolute Gasteiger partial charge is 0.462 e. The molecular weight excluding hydrogens is 853 g/mol. The second-order valence-corrected chi connectivity index (χ2v) is 17.3. The van der Waals surface area contributed by atoms with E-state index < -0.39 is 99.3 Å². The normalized spacial score (nSPS) is 26.7. The summed E-state index contributed by atoms with van der Waals surface area (Å²) >= 11 is 0. The maximum atomic E-state index is 13.0. The molecule has 0 saturated carbocycles. The number of hydrogen-bond acceptors (Lipinski definition) is 15. The second-order valence-electron chi connectivity index (χ2n) is 17.3. The molecule has 2 aliphatic heterocycles. The van der Waals surface area contributed by atoms with Crippen LogP contribution in [0.25, 0.3) is 0 Å². The Balaban J connectivity index is 1.85. The Kier molecular flexibility index (Phi) is 34.2. The van der Waals surface area contributed by atoms with Gasteiger partial charge in [0.1, 0.15) is 55.4 Å². The number of aliphatic hydroxyl groups excluding tert-OH is 7. The van der Waals surface area contributed by atoms with Crippen molar-refractivity contribution in [3.05, 3.63) is 60.8 Å². The van der Waals surface area contributed by atoms with E-state index in [1.807, 2.05) is 0 Å². The van der Waals surface area contributed by atoms with Gasteiger partial charge in [-0.05, 0) is 77.0 Å². The maximum absolute atomic E-state index is 13.0. The molecule has 11 atom stereocenters. The minimum absolute atomic E-state index is 0.148. The zero-order valence-corrected chi connectivity index (χ0v) is 39.9. The van der Waals surface area contributed by atoms with Crippen LogP contribution in [-0.4, -0.2) is 142 Å². The highest BCUT2D eigenvalue weighted by molar-refractivity contribution is 5.70. The molecule has 0 aliphatic carbocycles. The molecule has 0 aromatic rings. The lowest BCUT2D eigenvalue weighted by Crippen LogP contribution is -2.61. The molecule has 66 heavy (non-hydrogen) atoms. The lowest BCUT2D eigenvalue weighted by atomic mass is 9.98. The fourth-order valence-electron chi connectivity index (χ4n) is 7.38. The van der Waals surface area contributed by atoms with Crippen molar-refractivity contribution in [2.75, 3.05) is 26.4 Å². The summed E-state index contributed by atoms with van der Waals surface area (Å²) in [6.45, 7) is 2.40. The first-order valence-electron chi connectivity index (χ1n) is 24.9. The van der Waals surface area contributed by atoms with E-state index in [0.29, 0.717) is 12.8 Å². The summed E-state index contributed by atoms with van der Waals surface area (Å²) in [5, 5.41) is 72.0. The lowest BCUT2D eigenvalue weighted by Gasteiger charge is -2.42. The summed E-state index contributed by atoms with van der Waals surface area (Å²) in [6.07, 6.45) is 25.4. The van der Waals surface area contributed by atoms with E-state index in [2.05, 4.69) is 74.6 Å². The summed E-state index contributed by atoms with van der Waals surface area (Å²) in [7, 11) is 0. The van der Waals surface area contributed by atoms with Crippen molar-refractivity contribution < 1.29 is 73.8 Å². The number of unbranched alkanes of at least 4 members (excludes halogenated alkanes) is 13. The fraction of sp³-hybridized carbons (Fsp3) is 0.765. The SMILES string of the molecule is CC/C=C/C/C=C/C/C=C/C/C=C/CCCCC(=O)OC[C@H](CO[C@@H]1O[C@H](CO[C@@H]2O[C@H](CO)[C@H](O)C(O)C2O)[C@H](O)C(O)C1O)OC(=O)CCCCCCCCC/C=C/CCCCCC. The van der Waals surface area contributed by atoms with Gasteiger partial charge in [-0.2, -0.15) is 0 Å². The minimum atomic E-state index is -1.77. The molecule has 0 aromatic carbocycles. The molecule has 4 unspecified atom stereocenters. The van der Waals surface area contributed by atoms with Gasteiger partial charge in [0.2, 0.25) is 0 Å². The third kappa shape index (κ3) is 26.1. The zero-order chi connectivity index (χ0) is 48.2. The predicted octanol–water partition coefficient (Wildman–Crippen LogP) is 6.49. The molecule has 0 bridgehead atoms. The van der Waals surface area contributed by atoms with Gasteiger partial charge in [-0.1, -0.05) is 126 Å². The second kappa shape index (κ2) is 38.1. The highest BCUT2D eigenvalue weighted by atomic mass is 16.7. The van der Waals surface area contributed by atoms with E-state index in [1.54, 1.807) is 0 Å². The first-order valence-corrected chi connectivity index (χ1v) is 24.9. The number of allylic oxidation sites excluding steroid dienone is 10. The molecule has 2 aliphatic rings. The van der Waals surface area contributed by atoms with E-state index in [0.717, 1.165) is 70.6 Å². The molecule has 380 valence electrons. The van der Waals surface area contributed by atoms with Gasteiger partial charge >= 0.3 is 11.9 Å². The van der Waals surface area contributed by atoms with Crippen molar-refractivity contribution in [3.8, 4) is 0 Å². The maximum Gasteiger partial charge on any atom is 0.306 e. The van der Waals surface area contributed by atoms with E-state index in [1.165, 1.54) is 44.9 Å². The van der Waals surface area contributed by atoms with Gasteiger partial charge in [-0.3, -0.25) is 9.59 Å². The van der Waals surface area contributed by atoms with Gasteiger partial charge in [0.25, 0.3) is 0 Å². The molecule has 15 heteroatoms. The number of aliphatic hydroxyl groups is 7. The van der Waals surface area contributed by atoms with E-state index in [-0.39, 0.29) is 19.4 Å². The van der Waals surface area contributed by atoms with Crippen LogP contribution in [0, 0.1) is 0 Å². The fourth-order valence-corrected chi connectivity index (χ4v) is 7.38. The Morgan fingerprint density at radius 1 is 0.500 bits per heavy atom. The van der Waals surface area contributed by atoms with Crippen LogP contribution in [0.1, 0.15) is 155 Å². The van der Waals surface area contributed by atoms with Crippen LogP contribution < -0.4 is 0 Å². The molecule has 2 saturated heterocycles. The average molecular weight is 939 g/mol. The van der Waals surface area contributed by atoms with Crippen LogP contribution in [-0.2, 0) is 38.0 Å². The van der Waals surface area contributed by atoms with Crippen molar-refractivity contribution in [1.82, 2.24) is 0 Å². The smallest absolute Gasteiger partial charge is 0.306 e. The molecule has 0 amide bonds. The molecule has 2 rings (SSSR count). The highest BCUT2D eigenvalue weighted by Gasteiger charge is 2.47. The molecule has 2 fully saturated rings. The van der Waals surface area contributed by atoms with Gasteiger partial charge in [0.15, 0.2) is 18.7 Å². The van der Waals surface area contributed by atoms with E-state index in [9.17, 15) is 45.3 Å². The predicted molar refractivity (Wildman–Crippen MR) is 252 cm³/mol. The summed E-state index contributed by atoms with van der Waals surface area (Å²) < 4.78 is 33.5. The quantitative estimate of drug-likeness (QED) is 0.0201. The molecule has 2 heterocycles. The summed E-state index contributed by atoms with van der Waals surface area (Å²) in [5.74, 6) is -0.983. The van der Waals surface area contributed by atoms with Gasteiger partial charge in [-0.15, -0.1) is 0 Å². The molecule has 7 N–H and O–H groups in total. The Hall–Kier alpha value is -2.80. The number of ether oxygens (including phenoxy) is 6. The standard InChI is InChI=1S/C51H86O15/c1-3-5-7-9-11-13-15-17-19-21-23-25-27-29-31-33-42(53)61-36-39(64-43(54)34-32-30-28-26-24-22-20-18-16-14-12-10-8-6-4-2)37-62-50-49(60)47(58)45(56)41(66-50)38-63-51-48(59)46(57)44(55)40(35-52)65-51/h5,7,11,13-14,16-17,19,23,25,39-41,44-52,55-60H,3-4,6,8-10,12,15,18,20-22,24,26-38H2,1-2H3/b7-5+,13-11+,16-14+,19-17+,25-23+/t39-,40-,41-,44+,45+,46?,47?,48?,49?,50-,51-/m1/s1. The zero-order valence-electron chi connectivity index (χ0n) is 39.9. The number of rotatable bonds is 37. The van der Waals surface area contributed by atoms with E-state index in [4.69, 9.17) is 28.4 Å². The van der Waals surface area contributed by atoms with Crippen LogP contribution in [0.2, 0.25) is 0 Å². The molecule has 15 nitrogen and oxygen atoms in total. The third-order valence-electron chi connectivity index (χ3n) is 11.5. The highest BCUT2D eigenvalue weighted by Crippen LogP contribution is 2.26. The number of hydrogen-bond donors (Lipinski definition) is 7. The number of esters is 2. The molecule has 0 aromatic heterocycles. The van der Waals surface area contributed by atoms with Crippen LogP contribution >= 0.6 is 0 Å². The Morgan fingerprint density at radius 3 is 1.55 bits per heavy atom. The third-order valence-corrected chi connectivity index (χ3v) is 11.5. The summed E-state index contributed by atoms with van der Waals surface area (Å²) in [6, 6.07) is 0. The van der Waals surface area contributed by atoms with Gasteiger partial charge in [0.05, 0.1) is 19.8 Å². The van der Waals surface area contributed by atoms with Crippen LogP contribution in [0.4, 0.5) is 0 Å². The van der Waals surface area contributed by atoms with Gasteiger partial charge in [0, 0.05) is 12.8 Å². The first kappa shape index (κ1) is 59.3. The monoisotopic (exact) mass is 939 g/mol. The number of carbonyl (C=O) groups excluding carboxylic acids is 2. The summed E-state index contributed by atoms with van der Waals surface area (Å²) in [5.41, 5.74) is 0. The minimum Gasteiger partial charge on any atom is -0.462 e. The molecule has 0 radical (unpaired) electrons. The molecule has 0 spiro atoms. The Morgan fingerprint density at radius 2 is 0.955 bits per heavy atom. The molecular formula is C51H86O15. The van der Waals surface area contributed by atoms with Crippen molar-refractivity contribution in [3.63, 3.8) is 0 Å². The van der Waals surface area contributed by atoms with Gasteiger partial charge < -0.3 is 64.2 Å². The van der Waals surface area contributed by atoms with Crippen LogP contribution in [0.5, 0.6) is 0 Å². The average Bonchev–Trinajstić information content (AvgIpc) is 3.31. The van der Waals surface area contributed by atoms with Crippen LogP contribution in [0.15, 0.2) is 60.8 Å². The number of carbonyl (C=O) groups is 2. The topological polar surface area (TPSA) is 231 Å². The van der Waals surface area contributed by atoms with E-state index >= 15 is 0 Å². The van der Waals surface area contributed by atoms with Crippen molar-refractivity contribution in [1.29, 1.82) is 0 Å². The van der Waals surface area contributed by atoms with Crippen molar-refractivity contribution in [2.45, 2.75) is 223 Å². The van der Waals surface area contributed by atoms with Gasteiger partial charge in [-0.25, -0.2) is 0 Å². The van der Waals surface area contributed by atoms with Crippen molar-refractivity contribution >= 4 is 11.9 Å². The Labute approximate surface area is 394 Å². The van der Waals surface area contributed by atoms with Crippen LogP contribution in [0.3, 0.4) is 0 Å². The summed E-state index contributed by atoms with van der Waals surface area (Å²) in [4.78, 5) is 25.7. The lowest BCUT2D eigenvalue weighted by molar-refractivity contribution is -0.332. The first-order chi connectivity index (χ1) is 32.0.